The average Bonchev–Trinajstić information content (AvgIpc) is 2.58. The first-order valence-electron chi connectivity index (χ1n) is 8.31. The van der Waals surface area contributed by atoms with Gasteiger partial charge >= 0.3 is 6.03 Å². The van der Waals surface area contributed by atoms with E-state index >= 15 is 0 Å². The van der Waals surface area contributed by atoms with Crippen molar-refractivity contribution in [3.8, 4) is 5.88 Å². The highest BCUT2D eigenvalue weighted by molar-refractivity contribution is 5.75. The summed E-state index contributed by atoms with van der Waals surface area (Å²) in [7, 11) is 1.57. The minimum atomic E-state index is 0.0143. The smallest absolute Gasteiger partial charge is 0.317 e. The molecule has 1 N–H and O–H groups in total. The van der Waals surface area contributed by atoms with Gasteiger partial charge in [0, 0.05) is 49.7 Å². The lowest BCUT2D eigenvalue weighted by atomic mass is 9.72. The van der Waals surface area contributed by atoms with E-state index < -0.39 is 0 Å². The van der Waals surface area contributed by atoms with Crippen molar-refractivity contribution in [3.05, 3.63) is 17.3 Å². The van der Waals surface area contributed by atoms with Gasteiger partial charge in [-0.1, -0.05) is 0 Å². The second-order valence-corrected chi connectivity index (χ2v) is 6.54. The maximum Gasteiger partial charge on any atom is 0.317 e. The number of aromatic nitrogens is 2. The summed E-state index contributed by atoms with van der Waals surface area (Å²) < 4.78 is 10.8. The molecule has 3 atom stereocenters. The molecule has 3 aliphatic rings. The molecule has 4 rings (SSSR count). The van der Waals surface area contributed by atoms with Gasteiger partial charge in [0.05, 0.1) is 18.9 Å². The standard InChI is InChI=1S/C16H22N4O3/c1-22-15-7-10-9-20(5-4-12(10)18-19-15)16(21)17-13-8-14-11(13)3-2-6-23-14/h7,11,13-14H,2-6,8-9H2,1H3,(H,17,21). The van der Waals surface area contributed by atoms with Crippen LogP contribution in [0.4, 0.5) is 4.79 Å². The lowest BCUT2D eigenvalue weighted by Gasteiger charge is -2.48. The predicted octanol–water partition coefficient (Wildman–Crippen LogP) is 1.12. The van der Waals surface area contributed by atoms with E-state index in [1.54, 1.807) is 7.11 Å². The van der Waals surface area contributed by atoms with Crippen LogP contribution >= 0.6 is 0 Å². The van der Waals surface area contributed by atoms with Crippen LogP contribution in [0.15, 0.2) is 6.07 Å². The fourth-order valence-electron chi connectivity index (χ4n) is 3.79. The number of carbonyl (C=O) groups excluding carboxylic acids is 1. The van der Waals surface area contributed by atoms with Gasteiger partial charge in [-0.15, -0.1) is 5.10 Å². The Labute approximate surface area is 135 Å². The molecule has 7 heteroatoms. The number of hydrogen-bond donors (Lipinski definition) is 1. The molecule has 1 aromatic rings. The zero-order chi connectivity index (χ0) is 15.8. The quantitative estimate of drug-likeness (QED) is 0.884. The molecule has 0 spiro atoms. The maximum absolute atomic E-state index is 12.5. The summed E-state index contributed by atoms with van der Waals surface area (Å²) in [6.07, 6.45) is 4.30. The predicted molar refractivity (Wildman–Crippen MR) is 82.1 cm³/mol. The molecule has 1 saturated heterocycles. The lowest BCUT2D eigenvalue weighted by Crippen LogP contribution is -2.60. The summed E-state index contributed by atoms with van der Waals surface area (Å²) >= 11 is 0. The minimum absolute atomic E-state index is 0.0143. The van der Waals surface area contributed by atoms with Crippen molar-refractivity contribution in [3.63, 3.8) is 0 Å². The van der Waals surface area contributed by atoms with Gasteiger partial charge in [0.2, 0.25) is 5.88 Å². The molecule has 1 aliphatic carbocycles. The molecular weight excluding hydrogens is 296 g/mol. The van der Waals surface area contributed by atoms with Crippen LogP contribution < -0.4 is 10.1 Å². The van der Waals surface area contributed by atoms with Crippen molar-refractivity contribution in [1.82, 2.24) is 20.4 Å². The SMILES string of the molecule is COc1cc2c(nn1)CCN(C(=O)NC1CC3OCCCC13)C2. The summed E-state index contributed by atoms with van der Waals surface area (Å²) in [5.41, 5.74) is 1.98. The van der Waals surface area contributed by atoms with Gasteiger partial charge in [0.15, 0.2) is 0 Å². The van der Waals surface area contributed by atoms with E-state index in [0.717, 1.165) is 43.5 Å². The third-order valence-electron chi connectivity index (χ3n) is 5.22. The van der Waals surface area contributed by atoms with E-state index in [9.17, 15) is 4.79 Å². The highest BCUT2D eigenvalue weighted by Crippen LogP contribution is 2.37. The van der Waals surface area contributed by atoms with Crippen molar-refractivity contribution in [2.75, 3.05) is 20.3 Å². The zero-order valence-corrected chi connectivity index (χ0v) is 13.3. The molecule has 7 nitrogen and oxygen atoms in total. The van der Waals surface area contributed by atoms with Crippen LogP contribution in [0.25, 0.3) is 0 Å². The number of methoxy groups -OCH3 is 1. The van der Waals surface area contributed by atoms with E-state index in [2.05, 4.69) is 15.5 Å². The Hall–Kier alpha value is -1.89. The van der Waals surface area contributed by atoms with E-state index in [0.29, 0.717) is 31.0 Å². The first kappa shape index (κ1) is 14.7. The topological polar surface area (TPSA) is 76.6 Å². The molecule has 23 heavy (non-hydrogen) atoms. The number of rotatable bonds is 2. The third-order valence-corrected chi connectivity index (χ3v) is 5.22. The fourth-order valence-corrected chi connectivity index (χ4v) is 3.79. The van der Waals surface area contributed by atoms with Crippen LogP contribution in [-0.4, -0.2) is 53.5 Å². The Morgan fingerprint density at radius 3 is 3.22 bits per heavy atom. The molecule has 2 aliphatic heterocycles. The number of fused-ring (bicyclic) bond motifs is 2. The monoisotopic (exact) mass is 318 g/mol. The second kappa shape index (κ2) is 5.96. The third kappa shape index (κ3) is 2.73. The van der Waals surface area contributed by atoms with Gasteiger partial charge in [-0.25, -0.2) is 4.79 Å². The van der Waals surface area contributed by atoms with Crippen molar-refractivity contribution in [2.45, 2.75) is 44.4 Å². The molecule has 2 fully saturated rings. The van der Waals surface area contributed by atoms with Crippen molar-refractivity contribution in [1.29, 1.82) is 0 Å². The van der Waals surface area contributed by atoms with Crippen LogP contribution in [0.1, 0.15) is 30.5 Å². The molecule has 3 unspecified atom stereocenters. The molecule has 3 heterocycles. The molecule has 1 aromatic heterocycles. The fraction of sp³-hybridized carbons (Fsp3) is 0.688. The molecule has 0 aromatic carbocycles. The Kier molecular flexibility index (Phi) is 3.80. The second-order valence-electron chi connectivity index (χ2n) is 6.54. The summed E-state index contributed by atoms with van der Waals surface area (Å²) in [6, 6.07) is 2.15. The highest BCUT2D eigenvalue weighted by atomic mass is 16.5. The van der Waals surface area contributed by atoms with Gasteiger partial charge < -0.3 is 19.7 Å². The Morgan fingerprint density at radius 2 is 2.39 bits per heavy atom. The van der Waals surface area contributed by atoms with Gasteiger partial charge in [0.1, 0.15) is 0 Å². The van der Waals surface area contributed by atoms with Crippen LogP contribution in [0.3, 0.4) is 0 Å². The van der Waals surface area contributed by atoms with Gasteiger partial charge in [-0.05, 0) is 19.3 Å². The number of nitrogens with zero attached hydrogens (tertiary/aromatic N) is 3. The first-order valence-corrected chi connectivity index (χ1v) is 8.31. The molecule has 124 valence electrons. The molecule has 1 saturated carbocycles. The zero-order valence-electron chi connectivity index (χ0n) is 13.3. The van der Waals surface area contributed by atoms with E-state index in [1.165, 1.54) is 0 Å². The number of hydrogen-bond acceptors (Lipinski definition) is 5. The minimum Gasteiger partial charge on any atom is -0.480 e. The van der Waals surface area contributed by atoms with Crippen molar-refractivity contribution >= 4 is 6.03 Å². The van der Waals surface area contributed by atoms with Gasteiger partial charge in [-0.3, -0.25) is 0 Å². The number of nitrogens with one attached hydrogen (secondary N) is 1. The first-order chi connectivity index (χ1) is 11.2. The van der Waals surface area contributed by atoms with Crippen LogP contribution in [-0.2, 0) is 17.7 Å². The summed E-state index contributed by atoms with van der Waals surface area (Å²) in [4.78, 5) is 14.4. The summed E-state index contributed by atoms with van der Waals surface area (Å²) in [5.74, 6) is 0.989. The highest BCUT2D eigenvalue weighted by Gasteiger charge is 2.44. The van der Waals surface area contributed by atoms with Gasteiger partial charge in [-0.2, -0.15) is 5.10 Å². The molecular formula is C16H22N4O3. The maximum atomic E-state index is 12.5. The lowest BCUT2D eigenvalue weighted by molar-refractivity contribution is -0.101. The summed E-state index contributed by atoms with van der Waals surface area (Å²) in [6.45, 7) is 2.11. The molecule has 0 bridgehead atoms. The number of amides is 2. The van der Waals surface area contributed by atoms with E-state index in [-0.39, 0.29) is 12.1 Å². The van der Waals surface area contributed by atoms with Gasteiger partial charge in [0.25, 0.3) is 0 Å². The van der Waals surface area contributed by atoms with Crippen molar-refractivity contribution < 1.29 is 14.3 Å². The van der Waals surface area contributed by atoms with Crippen LogP contribution in [0.2, 0.25) is 0 Å². The molecule has 0 radical (unpaired) electrons. The number of urea groups is 1. The number of carbonyl (C=O) groups is 1. The average molecular weight is 318 g/mol. The Morgan fingerprint density at radius 1 is 1.48 bits per heavy atom. The largest absolute Gasteiger partial charge is 0.480 e. The Bertz CT molecular complexity index is 609. The normalized spacial score (nSPS) is 29.1. The van der Waals surface area contributed by atoms with Crippen LogP contribution in [0, 0.1) is 5.92 Å². The molecule has 2 amide bonds. The van der Waals surface area contributed by atoms with Crippen LogP contribution in [0.5, 0.6) is 5.88 Å². The Balaban J connectivity index is 1.38. The van der Waals surface area contributed by atoms with E-state index in [1.807, 2.05) is 11.0 Å². The number of ether oxygens (including phenoxy) is 2. The van der Waals surface area contributed by atoms with Crippen molar-refractivity contribution in [2.24, 2.45) is 5.92 Å². The summed E-state index contributed by atoms with van der Waals surface area (Å²) in [5, 5.41) is 11.4. The van der Waals surface area contributed by atoms with E-state index in [4.69, 9.17) is 9.47 Å².